The Morgan fingerprint density at radius 1 is 1.18 bits per heavy atom. The molecule has 2 aromatic carbocycles. The maximum absolute atomic E-state index is 12.8. The first-order valence-corrected chi connectivity index (χ1v) is 10.7. The Balaban J connectivity index is 1.80. The average Bonchev–Trinajstić information content (AvgIpc) is 3.16. The van der Waals surface area contributed by atoms with Crippen LogP contribution in [0.25, 0.3) is 0 Å². The predicted molar refractivity (Wildman–Crippen MR) is 110 cm³/mol. The fourth-order valence-corrected chi connectivity index (χ4v) is 4.39. The number of carbonyl (C=O) groups is 1. The molecule has 0 spiro atoms. The van der Waals surface area contributed by atoms with Crippen molar-refractivity contribution < 1.29 is 17.9 Å². The molecular formula is C20H21ClN2O4S. The fourth-order valence-electron chi connectivity index (χ4n) is 3.01. The van der Waals surface area contributed by atoms with Crippen molar-refractivity contribution >= 4 is 38.9 Å². The first-order valence-electron chi connectivity index (χ1n) is 8.80. The SMILES string of the molecule is COc1ccc(NC(=O)CC2C=CCC2)cc1S(=O)(=O)Nc1ccc(Cl)cc1. The highest BCUT2D eigenvalue weighted by Crippen LogP contribution is 2.29. The Morgan fingerprint density at radius 3 is 2.54 bits per heavy atom. The summed E-state index contributed by atoms with van der Waals surface area (Å²) in [4.78, 5) is 12.2. The van der Waals surface area contributed by atoms with E-state index in [0.29, 0.717) is 22.8 Å². The number of carbonyl (C=O) groups excluding carboxylic acids is 1. The summed E-state index contributed by atoms with van der Waals surface area (Å²) in [5.74, 6) is 0.252. The first-order chi connectivity index (χ1) is 13.4. The maximum Gasteiger partial charge on any atom is 0.265 e. The van der Waals surface area contributed by atoms with E-state index in [-0.39, 0.29) is 22.5 Å². The molecule has 0 saturated heterocycles. The highest BCUT2D eigenvalue weighted by atomic mass is 35.5. The van der Waals surface area contributed by atoms with Crippen LogP contribution in [0, 0.1) is 5.92 Å². The Bertz CT molecular complexity index is 988. The number of sulfonamides is 1. The molecule has 1 amide bonds. The monoisotopic (exact) mass is 420 g/mol. The average molecular weight is 421 g/mol. The number of halogens is 1. The smallest absolute Gasteiger partial charge is 0.265 e. The van der Waals surface area contributed by atoms with Gasteiger partial charge in [-0.15, -0.1) is 0 Å². The molecule has 148 valence electrons. The second-order valence-electron chi connectivity index (χ2n) is 6.50. The van der Waals surface area contributed by atoms with E-state index in [1.165, 1.54) is 19.2 Å². The summed E-state index contributed by atoms with van der Waals surface area (Å²) in [5, 5.41) is 3.27. The second-order valence-corrected chi connectivity index (χ2v) is 8.58. The van der Waals surface area contributed by atoms with Crippen molar-refractivity contribution in [3.05, 3.63) is 59.6 Å². The molecule has 2 aromatic rings. The normalized spacial score (nSPS) is 16.0. The molecule has 6 nitrogen and oxygen atoms in total. The van der Waals surface area contributed by atoms with E-state index in [1.54, 1.807) is 30.3 Å². The molecule has 0 heterocycles. The number of nitrogens with one attached hydrogen (secondary N) is 2. The summed E-state index contributed by atoms with van der Waals surface area (Å²) >= 11 is 5.84. The van der Waals surface area contributed by atoms with Gasteiger partial charge in [-0.05, 0) is 61.2 Å². The number of allylic oxidation sites excluding steroid dienone is 2. The third-order valence-corrected chi connectivity index (χ3v) is 6.05. The topological polar surface area (TPSA) is 84.5 Å². The Kier molecular flexibility index (Phi) is 6.26. The molecule has 1 aliphatic rings. The molecule has 28 heavy (non-hydrogen) atoms. The van der Waals surface area contributed by atoms with Gasteiger partial charge in [0.25, 0.3) is 10.0 Å². The van der Waals surface area contributed by atoms with E-state index in [2.05, 4.69) is 16.1 Å². The summed E-state index contributed by atoms with van der Waals surface area (Å²) in [5.41, 5.74) is 0.762. The zero-order valence-electron chi connectivity index (χ0n) is 15.3. The van der Waals surface area contributed by atoms with Gasteiger partial charge < -0.3 is 10.1 Å². The van der Waals surface area contributed by atoms with Gasteiger partial charge in [0.05, 0.1) is 7.11 Å². The van der Waals surface area contributed by atoms with Gasteiger partial charge >= 0.3 is 0 Å². The van der Waals surface area contributed by atoms with Crippen LogP contribution in [0.15, 0.2) is 59.5 Å². The summed E-state index contributed by atoms with van der Waals surface area (Å²) < 4.78 is 33.4. The Hall–Kier alpha value is -2.51. The highest BCUT2D eigenvalue weighted by molar-refractivity contribution is 7.92. The van der Waals surface area contributed by atoms with Crippen LogP contribution in [-0.4, -0.2) is 21.4 Å². The molecule has 0 bridgehead atoms. The lowest BCUT2D eigenvalue weighted by molar-refractivity contribution is -0.116. The number of hydrogen-bond acceptors (Lipinski definition) is 4. The van der Waals surface area contributed by atoms with Gasteiger partial charge in [0.1, 0.15) is 10.6 Å². The van der Waals surface area contributed by atoms with Crippen molar-refractivity contribution in [2.45, 2.75) is 24.2 Å². The Morgan fingerprint density at radius 2 is 1.89 bits per heavy atom. The third-order valence-electron chi connectivity index (χ3n) is 4.39. The fraction of sp³-hybridized carbons (Fsp3) is 0.250. The van der Waals surface area contributed by atoms with Crippen LogP contribution in [-0.2, 0) is 14.8 Å². The Labute approximate surface area is 169 Å². The van der Waals surface area contributed by atoms with Gasteiger partial charge in [-0.1, -0.05) is 23.8 Å². The van der Waals surface area contributed by atoms with E-state index >= 15 is 0 Å². The number of rotatable bonds is 7. The van der Waals surface area contributed by atoms with Crippen LogP contribution in [0.3, 0.4) is 0 Å². The number of benzene rings is 2. The number of amides is 1. The van der Waals surface area contributed by atoms with Gasteiger partial charge in [0.15, 0.2) is 0 Å². The zero-order valence-corrected chi connectivity index (χ0v) is 16.9. The molecule has 0 aliphatic heterocycles. The molecule has 0 saturated carbocycles. The highest BCUT2D eigenvalue weighted by Gasteiger charge is 2.21. The molecule has 0 fully saturated rings. The number of anilines is 2. The van der Waals surface area contributed by atoms with Crippen molar-refractivity contribution in [2.75, 3.05) is 17.1 Å². The molecule has 2 N–H and O–H groups in total. The largest absolute Gasteiger partial charge is 0.495 e. The van der Waals surface area contributed by atoms with Gasteiger partial charge in [-0.2, -0.15) is 0 Å². The summed E-state index contributed by atoms with van der Waals surface area (Å²) in [6, 6.07) is 10.8. The molecule has 1 aliphatic carbocycles. The quantitative estimate of drug-likeness (QED) is 0.648. The minimum atomic E-state index is -3.93. The van der Waals surface area contributed by atoms with E-state index in [1.807, 2.05) is 6.08 Å². The summed E-state index contributed by atoms with van der Waals surface area (Å²) in [7, 11) is -2.54. The van der Waals surface area contributed by atoms with Crippen molar-refractivity contribution in [3.8, 4) is 5.75 Å². The number of ether oxygens (including phenoxy) is 1. The molecule has 3 rings (SSSR count). The standard InChI is InChI=1S/C20H21ClN2O4S/c1-27-18-11-10-17(22-20(24)12-14-4-2-3-5-14)13-19(18)28(25,26)23-16-8-6-15(21)7-9-16/h2,4,6-11,13-14,23H,3,5,12H2,1H3,(H,22,24). The predicted octanol–water partition coefficient (Wildman–Crippen LogP) is 4.44. The third kappa shape index (κ3) is 5.05. The van der Waals surface area contributed by atoms with Crippen LogP contribution in [0.5, 0.6) is 5.75 Å². The molecule has 0 aromatic heterocycles. The summed E-state index contributed by atoms with van der Waals surface area (Å²) in [6.07, 6.45) is 6.42. The molecule has 1 unspecified atom stereocenters. The van der Waals surface area contributed by atoms with Crippen LogP contribution in [0.1, 0.15) is 19.3 Å². The van der Waals surface area contributed by atoms with Crippen LogP contribution >= 0.6 is 11.6 Å². The molecule has 1 atom stereocenters. The molecule has 8 heteroatoms. The minimum absolute atomic E-state index is 0.0662. The van der Waals surface area contributed by atoms with Crippen molar-refractivity contribution in [3.63, 3.8) is 0 Å². The number of hydrogen-bond donors (Lipinski definition) is 2. The van der Waals surface area contributed by atoms with E-state index in [4.69, 9.17) is 16.3 Å². The van der Waals surface area contributed by atoms with Crippen molar-refractivity contribution in [1.82, 2.24) is 0 Å². The lowest BCUT2D eigenvalue weighted by Crippen LogP contribution is -2.17. The molecule has 0 radical (unpaired) electrons. The van der Waals surface area contributed by atoms with Crippen LogP contribution in [0.4, 0.5) is 11.4 Å². The number of methoxy groups -OCH3 is 1. The summed E-state index contributed by atoms with van der Waals surface area (Å²) in [6.45, 7) is 0. The van der Waals surface area contributed by atoms with E-state index in [0.717, 1.165) is 12.8 Å². The van der Waals surface area contributed by atoms with Crippen molar-refractivity contribution in [2.24, 2.45) is 5.92 Å². The molecular weight excluding hydrogens is 400 g/mol. The first kappa shape index (κ1) is 20.2. The van der Waals surface area contributed by atoms with E-state index < -0.39 is 10.0 Å². The zero-order chi connectivity index (χ0) is 20.1. The van der Waals surface area contributed by atoms with Crippen LogP contribution < -0.4 is 14.8 Å². The maximum atomic E-state index is 12.8. The van der Waals surface area contributed by atoms with Gasteiger partial charge in [0.2, 0.25) is 5.91 Å². The second kappa shape index (κ2) is 8.67. The van der Waals surface area contributed by atoms with Crippen LogP contribution in [0.2, 0.25) is 5.02 Å². The lowest BCUT2D eigenvalue weighted by atomic mass is 10.1. The lowest BCUT2D eigenvalue weighted by Gasteiger charge is -2.14. The minimum Gasteiger partial charge on any atom is -0.495 e. The van der Waals surface area contributed by atoms with E-state index in [9.17, 15) is 13.2 Å². The van der Waals surface area contributed by atoms with Gasteiger partial charge in [-0.25, -0.2) is 8.42 Å². The van der Waals surface area contributed by atoms with Gasteiger partial charge in [-0.3, -0.25) is 9.52 Å². The van der Waals surface area contributed by atoms with Gasteiger partial charge in [0, 0.05) is 22.8 Å². The van der Waals surface area contributed by atoms with Crippen molar-refractivity contribution in [1.29, 1.82) is 0 Å².